The van der Waals surface area contributed by atoms with E-state index in [-0.39, 0.29) is 5.97 Å². The topological polar surface area (TPSA) is 26.3 Å². The van der Waals surface area contributed by atoms with E-state index in [0.29, 0.717) is 0 Å². The second kappa shape index (κ2) is 25.2. The van der Waals surface area contributed by atoms with Crippen molar-refractivity contribution < 1.29 is 9.53 Å². The maximum Gasteiger partial charge on any atom is 0.307 e. The Kier molecular flexibility index (Phi) is 24.6. The number of carbonyl (C=O) groups is 1. The molecule has 0 aliphatic carbocycles. The van der Waals surface area contributed by atoms with Crippen LogP contribution in [0.1, 0.15) is 155 Å². The molecule has 172 valence electrons. The van der Waals surface area contributed by atoms with Crippen LogP contribution in [0.5, 0.6) is 0 Å². The van der Waals surface area contributed by atoms with Crippen LogP contribution in [-0.4, -0.2) is 5.97 Å². The average Bonchev–Trinajstić information content (AvgIpc) is 2.71. The summed E-state index contributed by atoms with van der Waals surface area (Å²) in [6.45, 7) is 3.73. The van der Waals surface area contributed by atoms with Gasteiger partial charge in [-0.05, 0) is 18.9 Å². The van der Waals surface area contributed by atoms with Gasteiger partial charge in [0.15, 0.2) is 0 Å². The highest BCUT2D eigenvalue weighted by Crippen LogP contribution is 2.15. The van der Waals surface area contributed by atoms with E-state index in [4.69, 9.17) is 4.74 Å². The predicted molar refractivity (Wildman–Crippen MR) is 128 cm³/mol. The first-order valence-electron chi connectivity index (χ1n) is 13.1. The van der Waals surface area contributed by atoms with Gasteiger partial charge in [-0.1, -0.05) is 135 Å². The molecule has 0 aliphatic heterocycles. The van der Waals surface area contributed by atoms with Gasteiger partial charge in [-0.15, -0.1) is 0 Å². The molecule has 2 heteroatoms. The smallest absolute Gasteiger partial charge is 0.307 e. The molecule has 0 saturated carbocycles. The van der Waals surface area contributed by atoms with Gasteiger partial charge < -0.3 is 4.74 Å². The van der Waals surface area contributed by atoms with Crippen molar-refractivity contribution in [1.82, 2.24) is 0 Å². The summed E-state index contributed by atoms with van der Waals surface area (Å²) < 4.78 is 4.77. The molecule has 0 N–H and O–H groups in total. The fourth-order valence-corrected chi connectivity index (χ4v) is 3.91. The Hall–Kier alpha value is -0.790. The van der Waals surface area contributed by atoms with Crippen LogP contribution < -0.4 is 0 Å². The molecule has 0 spiro atoms. The molecule has 0 radical (unpaired) electrons. The van der Waals surface area contributed by atoms with Crippen LogP contribution in [0.25, 0.3) is 0 Å². The quantitative estimate of drug-likeness (QED) is 0.0955. The summed E-state index contributed by atoms with van der Waals surface area (Å²) >= 11 is 0. The molecule has 0 saturated heterocycles. The molecule has 0 fully saturated rings. The second-order valence-electron chi connectivity index (χ2n) is 8.84. The van der Waals surface area contributed by atoms with Crippen molar-refractivity contribution in [2.45, 2.75) is 155 Å². The molecular formula is C27H52O2. The number of allylic oxidation sites excluding steroid dienone is 1. The van der Waals surface area contributed by atoms with Crippen LogP contribution in [0, 0.1) is 0 Å². The maximum absolute atomic E-state index is 10.6. The Balaban J connectivity index is 3.03. The number of unbranched alkanes of at least 4 members (excludes halogenated alkanes) is 21. The average molecular weight is 409 g/mol. The summed E-state index contributed by atoms with van der Waals surface area (Å²) in [5, 5.41) is 0. The third kappa shape index (κ3) is 27.2. The highest BCUT2D eigenvalue weighted by molar-refractivity contribution is 5.66. The lowest BCUT2D eigenvalue weighted by Crippen LogP contribution is -1.89. The first-order valence-corrected chi connectivity index (χ1v) is 13.1. The number of ether oxygens (including phenoxy) is 1. The Morgan fingerprint density at radius 1 is 0.552 bits per heavy atom. The third-order valence-electron chi connectivity index (χ3n) is 5.80. The summed E-state index contributed by atoms with van der Waals surface area (Å²) in [7, 11) is 0. The van der Waals surface area contributed by atoms with Gasteiger partial charge in [0.1, 0.15) is 0 Å². The van der Waals surface area contributed by atoms with Crippen molar-refractivity contribution in [3.05, 3.63) is 12.3 Å². The molecule has 0 unspecified atom stereocenters. The van der Waals surface area contributed by atoms with Crippen molar-refractivity contribution in [3.8, 4) is 0 Å². The first kappa shape index (κ1) is 28.2. The molecule has 29 heavy (non-hydrogen) atoms. The number of rotatable bonds is 23. The van der Waals surface area contributed by atoms with Gasteiger partial charge in [0.05, 0.1) is 6.26 Å². The van der Waals surface area contributed by atoms with Gasteiger partial charge in [-0.3, -0.25) is 4.79 Å². The summed E-state index contributed by atoms with van der Waals surface area (Å²) in [5.41, 5.74) is 0. The highest BCUT2D eigenvalue weighted by Gasteiger charge is 1.95. The first-order chi connectivity index (χ1) is 14.3. The van der Waals surface area contributed by atoms with Crippen LogP contribution in [0.15, 0.2) is 12.3 Å². The number of hydrogen-bond donors (Lipinski definition) is 0. The molecule has 0 heterocycles. The van der Waals surface area contributed by atoms with Crippen LogP contribution in [0.4, 0.5) is 0 Å². The Morgan fingerprint density at radius 3 is 1.17 bits per heavy atom. The van der Waals surface area contributed by atoms with Crippen molar-refractivity contribution in [2.24, 2.45) is 0 Å². The summed E-state index contributed by atoms with van der Waals surface area (Å²) in [6.07, 6.45) is 34.3. The van der Waals surface area contributed by atoms with E-state index >= 15 is 0 Å². The minimum Gasteiger partial charge on any atom is -0.435 e. The van der Waals surface area contributed by atoms with Gasteiger partial charge in [0, 0.05) is 6.92 Å². The molecule has 0 aliphatic rings. The minimum atomic E-state index is -0.236. The van der Waals surface area contributed by atoms with E-state index in [9.17, 15) is 4.79 Å². The summed E-state index contributed by atoms with van der Waals surface area (Å²) in [6, 6.07) is 0. The van der Waals surface area contributed by atoms with Crippen molar-refractivity contribution in [3.63, 3.8) is 0 Å². The molecule has 0 aromatic heterocycles. The Labute approximate surface area is 183 Å². The highest BCUT2D eigenvalue weighted by atomic mass is 16.5. The molecule has 0 atom stereocenters. The molecule has 2 nitrogen and oxygen atoms in total. The monoisotopic (exact) mass is 408 g/mol. The standard InChI is InChI=1S/C27H52O2/c1-3-4-5-6-7-8-9-10-11-12-13-14-15-16-17-18-19-20-21-22-23-24-25-26-29-27(2)28/h25-26H,3-24H2,1-2H3. The zero-order valence-corrected chi connectivity index (χ0v) is 20.0. The van der Waals surface area contributed by atoms with Crippen LogP contribution in [0.2, 0.25) is 0 Å². The van der Waals surface area contributed by atoms with E-state index in [2.05, 4.69) is 6.92 Å². The Morgan fingerprint density at radius 2 is 0.862 bits per heavy atom. The number of carbonyl (C=O) groups excluding carboxylic acids is 1. The van der Waals surface area contributed by atoms with E-state index in [0.717, 1.165) is 6.42 Å². The van der Waals surface area contributed by atoms with E-state index in [1.807, 2.05) is 6.08 Å². The summed E-state index contributed by atoms with van der Waals surface area (Å²) in [4.78, 5) is 10.6. The van der Waals surface area contributed by atoms with Gasteiger partial charge in [0.2, 0.25) is 0 Å². The van der Waals surface area contributed by atoms with Crippen molar-refractivity contribution in [1.29, 1.82) is 0 Å². The SMILES string of the molecule is CCCCCCCCCCCCCCCCCCCCCCCC=COC(C)=O. The molecule has 0 bridgehead atoms. The van der Waals surface area contributed by atoms with Gasteiger partial charge in [-0.2, -0.15) is 0 Å². The van der Waals surface area contributed by atoms with Crippen molar-refractivity contribution >= 4 is 5.97 Å². The normalized spacial score (nSPS) is 11.4. The third-order valence-corrected chi connectivity index (χ3v) is 5.80. The number of esters is 1. The fourth-order valence-electron chi connectivity index (χ4n) is 3.91. The largest absolute Gasteiger partial charge is 0.435 e. The predicted octanol–water partition coefficient (Wildman–Crippen LogP) is 9.67. The lowest BCUT2D eigenvalue weighted by atomic mass is 10.0. The fraction of sp³-hybridized carbons (Fsp3) is 0.889. The summed E-state index contributed by atoms with van der Waals surface area (Å²) in [5.74, 6) is -0.236. The number of hydrogen-bond acceptors (Lipinski definition) is 2. The van der Waals surface area contributed by atoms with E-state index < -0.39 is 0 Å². The molecule has 0 amide bonds. The van der Waals surface area contributed by atoms with Gasteiger partial charge >= 0.3 is 5.97 Å². The van der Waals surface area contributed by atoms with E-state index in [1.165, 1.54) is 148 Å². The van der Waals surface area contributed by atoms with Crippen molar-refractivity contribution in [2.75, 3.05) is 0 Å². The van der Waals surface area contributed by atoms with E-state index in [1.54, 1.807) is 0 Å². The Bertz CT molecular complexity index is 348. The zero-order chi connectivity index (χ0) is 21.3. The maximum atomic E-state index is 10.6. The van der Waals surface area contributed by atoms with Crippen LogP contribution >= 0.6 is 0 Å². The zero-order valence-electron chi connectivity index (χ0n) is 20.0. The lowest BCUT2D eigenvalue weighted by molar-refractivity contribution is -0.135. The van der Waals surface area contributed by atoms with Gasteiger partial charge in [0.25, 0.3) is 0 Å². The second-order valence-corrected chi connectivity index (χ2v) is 8.84. The van der Waals surface area contributed by atoms with Crippen LogP contribution in [0.3, 0.4) is 0 Å². The van der Waals surface area contributed by atoms with Crippen LogP contribution in [-0.2, 0) is 9.53 Å². The molecule has 0 aromatic rings. The molecule has 0 rings (SSSR count). The molecule has 0 aromatic carbocycles. The molecular weight excluding hydrogens is 356 g/mol. The minimum absolute atomic E-state index is 0.236. The lowest BCUT2D eigenvalue weighted by Gasteiger charge is -2.04. The van der Waals surface area contributed by atoms with Gasteiger partial charge in [-0.25, -0.2) is 0 Å².